The average Bonchev–Trinajstić information content (AvgIpc) is 2.92. The van der Waals surface area contributed by atoms with E-state index in [0.29, 0.717) is 23.9 Å². The predicted octanol–water partition coefficient (Wildman–Crippen LogP) is 3.85. The van der Waals surface area contributed by atoms with Crippen LogP contribution in [0, 0.1) is 0 Å². The fourth-order valence-corrected chi connectivity index (χ4v) is 3.86. The van der Waals surface area contributed by atoms with Gasteiger partial charge in [-0.05, 0) is 73.6 Å². The summed E-state index contributed by atoms with van der Waals surface area (Å²) in [6, 6.07) is 13.6. The Hall–Kier alpha value is -2.08. The Labute approximate surface area is 177 Å². The van der Waals surface area contributed by atoms with E-state index < -0.39 is 6.10 Å². The lowest BCUT2D eigenvalue weighted by molar-refractivity contribution is -0.145. The zero-order valence-electron chi connectivity index (χ0n) is 16.7. The summed E-state index contributed by atoms with van der Waals surface area (Å²) in [5, 5.41) is 14.6. The molecule has 0 aliphatic heterocycles. The van der Waals surface area contributed by atoms with Gasteiger partial charge >= 0.3 is 5.97 Å². The number of carbonyl (C=O) groups is 1. The van der Waals surface area contributed by atoms with Gasteiger partial charge in [-0.25, -0.2) is 4.79 Å². The number of hydrogen-bond acceptors (Lipinski definition) is 5. The highest BCUT2D eigenvalue weighted by molar-refractivity contribution is 6.30. The van der Waals surface area contributed by atoms with Gasteiger partial charge in [0.1, 0.15) is 5.75 Å². The van der Waals surface area contributed by atoms with E-state index >= 15 is 0 Å². The summed E-state index contributed by atoms with van der Waals surface area (Å²) >= 11 is 6.02. The molecule has 0 radical (unpaired) electrons. The maximum atomic E-state index is 11.5. The number of nitrogens with one attached hydrogen (secondary N) is 1. The summed E-state index contributed by atoms with van der Waals surface area (Å²) in [4.78, 5) is 11.5. The normalized spacial score (nSPS) is 17.1. The highest BCUT2D eigenvalue weighted by Gasteiger charge is 2.19. The number of fused-ring (bicyclic) bond motifs is 1. The third-order valence-electron chi connectivity index (χ3n) is 5.14. The third kappa shape index (κ3) is 6.46. The van der Waals surface area contributed by atoms with Crippen molar-refractivity contribution in [2.75, 3.05) is 19.8 Å². The molecule has 2 aromatic rings. The van der Waals surface area contributed by atoms with Crippen LogP contribution in [0.25, 0.3) is 0 Å². The van der Waals surface area contributed by atoms with E-state index in [1.807, 2.05) is 24.3 Å². The minimum atomic E-state index is -0.601. The molecule has 6 heteroatoms. The van der Waals surface area contributed by atoms with Crippen molar-refractivity contribution in [2.45, 2.75) is 44.8 Å². The SMILES string of the molecule is CCOC(=O)COc1ccc2c(c1)CC(NC[C@H](O)c1cccc(Cl)c1)CCC2. The average molecular weight is 418 g/mol. The van der Waals surface area contributed by atoms with Crippen molar-refractivity contribution >= 4 is 17.6 Å². The second-order valence-corrected chi connectivity index (χ2v) is 7.73. The Kier molecular flexibility index (Phi) is 7.92. The Bertz CT molecular complexity index is 826. The van der Waals surface area contributed by atoms with Gasteiger partial charge in [0, 0.05) is 17.6 Å². The lowest BCUT2D eigenvalue weighted by atomic mass is 10.0. The molecule has 29 heavy (non-hydrogen) atoms. The van der Waals surface area contributed by atoms with Crippen molar-refractivity contribution < 1.29 is 19.4 Å². The molecule has 2 N–H and O–H groups in total. The molecule has 5 nitrogen and oxygen atoms in total. The van der Waals surface area contributed by atoms with E-state index in [1.165, 1.54) is 11.1 Å². The molecule has 0 heterocycles. The van der Waals surface area contributed by atoms with Gasteiger partial charge < -0.3 is 19.9 Å². The molecule has 0 saturated carbocycles. The van der Waals surface area contributed by atoms with Gasteiger partial charge in [0.2, 0.25) is 0 Å². The second-order valence-electron chi connectivity index (χ2n) is 7.30. The Morgan fingerprint density at radius 2 is 2.14 bits per heavy atom. The van der Waals surface area contributed by atoms with Gasteiger partial charge in [0.05, 0.1) is 12.7 Å². The number of carbonyl (C=O) groups excluding carboxylic acids is 1. The maximum Gasteiger partial charge on any atom is 0.344 e. The Morgan fingerprint density at radius 1 is 1.28 bits per heavy atom. The van der Waals surface area contributed by atoms with Gasteiger partial charge in [-0.1, -0.05) is 29.8 Å². The molecule has 1 aliphatic rings. The molecule has 0 fully saturated rings. The Morgan fingerprint density at radius 3 is 2.93 bits per heavy atom. The molecule has 2 atom stereocenters. The second kappa shape index (κ2) is 10.6. The number of ether oxygens (including phenoxy) is 2. The first-order chi connectivity index (χ1) is 14.0. The lowest BCUT2D eigenvalue weighted by Gasteiger charge is -2.20. The minimum Gasteiger partial charge on any atom is -0.482 e. The highest BCUT2D eigenvalue weighted by atomic mass is 35.5. The van der Waals surface area contributed by atoms with Crippen LogP contribution in [-0.2, 0) is 22.4 Å². The van der Waals surface area contributed by atoms with Gasteiger partial charge in [0.25, 0.3) is 0 Å². The smallest absolute Gasteiger partial charge is 0.344 e. The van der Waals surface area contributed by atoms with Gasteiger partial charge in [-0.3, -0.25) is 0 Å². The van der Waals surface area contributed by atoms with Crippen molar-refractivity contribution in [3.63, 3.8) is 0 Å². The molecule has 1 unspecified atom stereocenters. The number of halogens is 1. The summed E-state index contributed by atoms with van der Waals surface area (Å²) in [6.45, 7) is 2.51. The maximum absolute atomic E-state index is 11.5. The van der Waals surface area contributed by atoms with Crippen molar-refractivity contribution in [1.82, 2.24) is 5.32 Å². The molecule has 0 spiro atoms. The highest BCUT2D eigenvalue weighted by Crippen LogP contribution is 2.26. The first kappa shape index (κ1) is 21.6. The van der Waals surface area contributed by atoms with Crippen LogP contribution in [0.3, 0.4) is 0 Å². The molecule has 0 saturated heterocycles. The summed E-state index contributed by atoms with van der Waals surface area (Å²) in [5.74, 6) is 0.313. The number of rotatable bonds is 8. The standard InChI is InChI=1S/C23H28ClNO4/c1-2-28-23(27)15-29-21-10-9-16-5-4-8-20(12-18(16)13-21)25-14-22(26)17-6-3-7-19(24)11-17/h3,6-7,9-11,13,20,22,25-26H,2,4-5,8,12,14-15H2,1H3/t20?,22-/m0/s1. The molecular formula is C23H28ClNO4. The molecule has 2 aromatic carbocycles. The predicted molar refractivity (Wildman–Crippen MR) is 113 cm³/mol. The molecule has 0 bridgehead atoms. The number of aryl methyl sites for hydroxylation is 1. The minimum absolute atomic E-state index is 0.0832. The third-order valence-corrected chi connectivity index (χ3v) is 5.37. The number of aliphatic hydroxyl groups excluding tert-OH is 1. The number of hydrogen-bond donors (Lipinski definition) is 2. The fraction of sp³-hybridized carbons (Fsp3) is 0.435. The van der Waals surface area contributed by atoms with Crippen LogP contribution in [0.4, 0.5) is 0 Å². The van der Waals surface area contributed by atoms with Crippen LogP contribution >= 0.6 is 11.6 Å². The number of benzene rings is 2. The number of aliphatic hydroxyl groups is 1. The van der Waals surface area contributed by atoms with Gasteiger partial charge in [-0.15, -0.1) is 0 Å². The summed E-state index contributed by atoms with van der Waals surface area (Å²) < 4.78 is 10.5. The molecule has 156 valence electrons. The van der Waals surface area contributed by atoms with Crippen molar-refractivity contribution in [2.24, 2.45) is 0 Å². The fourth-order valence-electron chi connectivity index (χ4n) is 3.66. The van der Waals surface area contributed by atoms with Gasteiger partial charge in [0.15, 0.2) is 6.61 Å². The first-order valence-electron chi connectivity index (χ1n) is 10.1. The molecule has 1 aliphatic carbocycles. The lowest BCUT2D eigenvalue weighted by Crippen LogP contribution is -2.34. The number of esters is 1. The van der Waals surface area contributed by atoms with E-state index in [0.717, 1.165) is 31.2 Å². The quantitative estimate of drug-likeness (QED) is 0.504. The zero-order valence-corrected chi connectivity index (χ0v) is 17.5. The molecule has 3 rings (SSSR count). The molecular weight excluding hydrogens is 390 g/mol. The first-order valence-corrected chi connectivity index (χ1v) is 10.5. The molecule has 0 aromatic heterocycles. The van der Waals surface area contributed by atoms with Crippen molar-refractivity contribution in [3.8, 4) is 5.75 Å². The van der Waals surface area contributed by atoms with Crippen LogP contribution in [-0.4, -0.2) is 36.9 Å². The van der Waals surface area contributed by atoms with Crippen LogP contribution in [0.5, 0.6) is 5.75 Å². The largest absolute Gasteiger partial charge is 0.482 e. The monoisotopic (exact) mass is 417 g/mol. The van der Waals surface area contributed by atoms with Crippen LogP contribution in [0.1, 0.15) is 42.6 Å². The van der Waals surface area contributed by atoms with E-state index in [-0.39, 0.29) is 18.6 Å². The Balaban J connectivity index is 1.58. The summed E-state index contributed by atoms with van der Waals surface area (Å²) in [7, 11) is 0. The van der Waals surface area contributed by atoms with Crippen LogP contribution in [0.2, 0.25) is 5.02 Å². The van der Waals surface area contributed by atoms with Crippen LogP contribution < -0.4 is 10.1 Å². The topological polar surface area (TPSA) is 67.8 Å². The zero-order chi connectivity index (χ0) is 20.6. The summed E-state index contributed by atoms with van der Waals surface area (Å²) in [6.07, 6.45) is 3.39. The van der Waals surface area contributed by atoms with E-state index in [2.05, 4.69) is 11.4 Å². The van der Waals surface area contributed by atoms with E-state index in [1.54, 1.807) is 19.1 Å². The van der Waals surface area contributed by atoms with E-state index in [4.69, 9.17) is 21.1 Å². The summed E-state index contributed by atoms with van der Waals surface area (Å²) in [5.41, 5.74) is 3.35. The van der Waals surface area contributed by atoms with Gasteiger partial charge in [-0.2, -0.15) is 0 Å². The molecule has 0 amide bonds. The van der Waals surface area contributed by atoms with Crippen molar-refractivity contribution in [1.29, 1.82) is 0 Å². The van der Waals surface area contributed by atoms with Crippen LogP contribution in [0.15, 0.2) is 42.5 Å². The van der Waals surface area contributed by atoms with Crippen molar-refractivity contribution in [3.05, 3.63) is 64.2 Å². The van der Waals surface area contributed by atoms with E-state index in [9.17, 15) is 9.90 Å².